The van der Waals surface area contributed by atoms with E-state index in [9.17, 15) is 9.59 Å². The summed E-state index contributed by atoms with van der Waals surface area (Å²) in [5.41, 5.74) is -0.443. The Morgan fingerprint density at radius 1 is 1.00 bits per heavy atom. The van der Waals surface area contributed by atoms with Crippen molar-refractivity contribution < 1.29 is 28.5 Å². The second kappa shape index (κ2) is 8.24. The van der Waals surface area contributed by atoms with Crippen LogP contribution in [-0.2, 0) is 14.3 Å². The van der Waals surface area contributed by atoms with Crippen molar-refractivity contribution in [1.82, 2.24) is 5.32 Å². The lowest BCUT2D eigenvalue weighted by Crippen LogP contribution is -2.49. The molecule has 132 valence electrons. The van der Waals surface area contributed by atoms with E-state index in [1.54, 1.807) is 32.1 Å². The molecule has 0 fully saturated rings. The zero-order valence-corrected chi connectivity index (χ0v) is 14.8. The highest BCUT2D eigenvalue weighted by Crippen LogP contribution is 2.38. The zero-order valence-electron chi connectivity index (χ0n) is 14.8. The molecule has 0 aromatic heterocycles. The van der Waals surface area contributed by atoms with Crippen molar-refractivity contribution in [2.75, 3.05) is 28.4 Å². The number of rotatable bonds is 7. The van der Waals surface area contributed by atoms with Crippen LogP contribution >= 0.6 is 0 Å². The van der Waals surface area contributed by atoms with Gasteiger partial charge < -0.3 is 24.3 Å². The van der Waals surface area contributed by atoms with E-state index in [0.29, 0.717) is 22.8 Å². The van der Waals surface area contributed by atoms with Gasteiger partial charge in [-0.15, -0.1) is 0 Å². The van der Waals surface area contributed by atoms with E-state index in [1.807, 2.05) is 0 Å². The van der Waals surface area contributed by atoms with E-state index < -0.39 is 17.4 Å². The van der Waals surface area contributed by atoms with Crippen LogP contribution < -0.4 is 19.5 Å². The van der Waals surface area contributed by atoms with Gasteiger partial charge >= 0.3 is 5.97 Å². The van der Waals surface area contributed by atoms with Gasteiger partial charge in [-0.25, -0.2) is 4.79 Å². The molecule has 1 aromatic rings. The Hall–Kier alpha value is -2.70. The molecule has 0 saturated heterocycles. The molecule has 7 heteroatoms. The van der Waals surface area contributed by atoms with Crippen molar-refractivity contribution in [3.8, 4) is 17.2 Å². The summed E-state index contributed by atoms with van der Waals surface area (Å²) < 4.78 is 20.4. The van der Waals surface area contributed by atoms with Crippen molar-refractivity contribution in [3.05, 3.63) is 23.8 Å². The minimum Gasteiger partial charge on any atom is -0.493 e. The first kappa shape index (κ1) is 19.3. The van der Waals surface area contributed by atoms with E-state index in [-0.39, 0.29) is 0 Å². The van der Waals surface area contributed by atoms with Gasteiger partial charge in [0.15, 0.2) is 11.5 Å². The Balaban J connectivity index is 2.98. The molecule has 7 nitrogen and oxygen atoms in total. The maximum Gasteiger partial charge on any atom is 0.330 e. The summed E-state index contributed by atoms with van der Waals surface area (Å²) in [5.74, 6) is 0.461. The second-order valence-corrected chi connectivity index (χ2v) is 5.40. The lowest BCUT2D eigenvalue weighted by Gasteiger charge is -2.22. The van der Waals surface area contributed by atoms with E-state index in [4.69, 9.17) is 14.2 Å². The molecule has 0 saturated carbocycles. The summed E-state index contributed by atoms with van der Waals surface area (Å²) >= 11 is 0. The average molecular weight is 337 g/mol. The topological polar surface area (TPSA) is 83.1 Å². The van der Waals surface area contributed by atoms with Gasteiger partial charge in [-0.1, -0.05) is 0 Å². The Morgan fingerprint density at radius 3 is 1.96 bits per heavy atom. The van der Waals surface area contributed by atoms with Gasteiger partial charge in [-0.05, 0) is 37.6 Å². The summed E-state index contributed by atoms with van der Waals surface area (Å²) in [6, 6.07) is 3.41. The fourth-order valence-corrected chi connectivity index (χ4v) is 2.03. The molecule has 0 unspecified atom stereocenters. The number of methoxy groups -OCH3 is 4. The third-order valence-electron chi connectivity index (χ3n) is 3.25. The van der Waals surface area contributed by atoms with E-state index in [1.165, 1.54) is 34.5 Å². The normalized spacial score (nSPS) is 11.1. The zero-order chi connectivity index (χ0) is 18.3. The van der Waals surface area contributed by atoms with Crippen LogP contribution in [0, 0.1) is 0 Å². The summed E-state index contributed by atoms with van der Waals surface area (Å²) in [5, 5.41) is 2.57. The lowest BCUT2D eigenvalue weighted by atomic mass is 10.1. The van der Waals surface area contributed by atoms with Gasteiger partial charge in [0.1, 0.15) is 5.54 Å². The minimum atomic E-state index is -1.12. The molecule has 0 atom stereocenters. The molecule has 0 aliphatic heterocycles. The third-order valence-corrected chi connectivity index (χ3v) is 3.25. The van der Waals surface area contributed by atoms with Crippen LogP contribution in [0.25, 0.3) is 6.08 Å². The number of carbonyl (C=O) groups is 2. The molecule has 0 aliphatic carbocycles. The monoisotopic (exact) mass is 337 g/mol. The largest absolute Gasteiger partial charge is 0.493 e. The average Bonchev–Trinajstić information content (AvgIpc) is 2.57. The standard InChI is InChI=1S/C17H23NO6/c1-17(2,16(20)24-6)18-14(19)8-7-11-9-12(21-3)15(23-5)13(10-11)22-4/h7-10H,1-6H3,(H,18,19)/b8-7+. The van der Waals surface area contributed by atoms with Crippen LogP contribution in [0.4, 0.5) is 0 Å². The maximum absolute atomic E-state index is 12.0. The fraction of sp³-hybridized carbons (Fsp3) is 0.412. The van der Waals surface area contributed by atoms with Crippen LogP contribution in [0.15, 0.2) is 18.2 Å². The Morgan fingerprint density at radius 2 is 1.54 bits per heavy atom. The van der Waals surface area contributed by atoms with Crippen molar-refractivity contribution in [3.63, 3.8) is 0 Å². The Kier molecular flexibility index (Phi) is 6.64. The molecule has 1 N–H and O–H groups in total. The molecular formula is C17H23NO6. The number of carbonyl (C=O) groups excluding carboxylic acids is 2. The van der Waals surface area contributed by atoms with Crippen molar-refractivity contribution in [2.45, 2.75) is 19.4 Å². The van der Waals surface area contributed by atoms with Crippen LogP contribution in [-0.4, -0.2) is 45.9 Å². The van der Waals surface area contributed by atoms with Crippen LogP contribution in [0.5, 0.6) is 17.2 Å². The number of esters is 1. The molecule has 1 rings (SSSR count). The highest BCUT2D eigenvalue weighted by Gasteiger charge is 2.29. The van der Waals surface area contributed by atoms with Gasteiger partial charge in [0.2, 0.25) is 11.7 Å². The SMILES string of the molecule is COC(=O)C(C)(C)NC(=O)/C=C/c1cc(OC)c(OC)c(OC)c1. The molecule has 0 radical (unpaired) electrons. The third kappa shape index (κ3) is 4.65. The fourth-order valence-electron chi connectivity index (χ4n) is 2.03. The molecule has 1 aromatic carbocycles. The van der Waals surface area contributed by atoms with Gasteiger partial charge in [-0.2, -0.15) is 0 Å². The summed E-state index contributed by atoms with van der Waals surface area (Å²) in [4.78, 5) is 23.6. The molecule has 24 heavy (non-hydrogen) atoms. The van der Waals surface area contributed by atoms with E-state index >= 15 is 0 Å². The highest BCUT2D eigenvalue weighted by atomic mass is 16.5. The number of amides is 1. The number of benzene rings is 1. The Bertz CT molecular complexity index is 611. The molecule has 1 amide bonds. The molecular weight excluding hydrogens is 314 g/mol. The van der Waals surface area contributed by atoms with Crippen molar-refractivity contribution in [1.29, 1.82) is 0 Å². The van der Waals surface area contributed by atoms with E-state index in [0.717, 1.165) is 0 Å². The van der Waals surface area contributed by atoms with Crippen LogP contribution in [0.3, 0.4) is 0 Å². The smallest absolute Gasteiger partial charge is 0.330 e. The number of hydrogen-bond acceptors (Lipinski definition) is 6. The lowest BCUT2D eigenvalue weighted by molar-refractivity contribution is -0.148. The first-order valence-corrected chi connectivity index (χ1v) is 7.17. The molecule has 0 aliphatic rings. The first-order valence-electron chi connectivity index (χ1n) is 7.17. The van der Waals surface area contributed by atoms with Crippen LogP contribution in [0.1, 0.15) is 19.4 Å². The van der Waals surface area contributed by atoms with Gasteiger partial charge in [0, 0.05) is 6.08 Å². The van der Waals surface area contributed by atoms with Crippen molar-refractivity contribution in [2.24, 2.45) is 0 Å². The van der Waals surface area contributed by atoms with Crippen molar-refractivity contribution >= 4 is 18.0 Å². The summed E-state index contributed by atoms with van der Waals surface area (Å²) in [6.07, 6.45) is 2.89. The predicted octanol–water partition coefficient (Wildman–Crippen LogP) is 1.79. The predicted molar refractivity (Wildman–Crippen MR) is 89.4 cm³/mol. The second-order valence-electron chi connectivity index (χ2n) is 5.40. The number of ether oxygens (including phenoxy) is 4. The quantitative estimate of drug-likeness (QED) is 0.603. The minimum absolute atomic E-state index is 0.431. The molecule has 0 spiro atoms. The highest BCUT2D eigenvalue weighted by molar-refractivity contribution is 5.96. The number of hydrogen-bond donors (Lipinski definition) is 1. The van der Waals surface area contributed by atoms with Crippen LogP contribution in [0.2, 0.25) is 0 Å². The summed E-state index contributed by atoms with van der Waals surface area (Å²) in [6.45, 7) is 3.12. The molecule has 0 heterocycles. The Labute approximate surface area is 141 Å². The maximum atomic E-state index is 12.0. The first-order chi connectivity index (χ1) is 11.3. The summed E-state index contributed by atoms with van der Waals surface area (Å²) in [7, 11) is 5.80. The van der Waals surface area contributed by atoms with E-state index in [2.05, 4.69) is 10.1 Å². The van der Waals surface area contributed by atoms with Gasteiger partial charge in [-0.3, -0.25) is 4.79 Å². The number of nitrogens with one attached hydrogen (secondary N) is 1. The molecule has 0 bridgehead atoms. The van der Waals surface area contributed by atoms with Gasteiger partial charge in [0.25, 0.3) is 0 Å². The van der Waals surface area contributed by atoms with Gasteiger partial charge in [0.05, 0.1) is 28.4 Å².